The van der Waals surface area contributed by atoms with Crippen LogP contribution in [0.15, 0.2) is 60.7 Å². The summed E-state index contributed by atoms with van der Waals surface area (Å²) in [5.41, 5.74) is 5.08. The highest BCUT2D eigenvalue weighted by Gasteiger charge is 2.38. The molecule has 0 aliphatic heterocycles. The molecule has 4 heteroatoms. The molecule has 0 aliphatic carbocycles. The van der Waals surface area contributed by atoms with Crippen molar-refractivity contribution in [2.75, 3.05) is 0 Å². The van der Waals surface area contributed by atoms with Gasteiger partial charge in [-0.05, 0) is 88.2 Å². The van der Waals surface area contributed by atoms with E-state index in [9.17, 15) is 4.80 Å². The first kappa shape index (κ1) is 26.9. The summed E-state index contributed by atoms with van der Waals surface area (Å²) in [6, 6.07) is 22.2. The maximum absolute atomic E-state index is 10.8. The van der Waals surface area contributed by atoms with Crippen LogP contribution in [0.25, 0.3) is 21.9 Å². The summed E-state index contributed by atoms with van der Waals surface area (Å²) in [7, 11) is -4.09. The standard InChI is InChI=1S/C30H44O2Si2/c1-29(2,3)34(8,9)32-22-24-19-23(17-18-30(4,5)33(6,7)31)20-26(21-24)28-16-12-14-25-13-10-11-15-27(25)28/h10-16,19-21,31H,17-18,22H2,1-9H3. The Bertz CT molecular complexity index is 1080. The molecule has 3 aromatic carbocycles. The van der Waals surface area contributed by atoms with Gasteiger partial charge in [0, 0.05) is 0 Å². The Morgan fingerprint density at radius 3 is 2.06 bits per heavy atom. The van der Waals surface area contributed by atoms with Crippen LogP contribution in [-0.2, 0) is 17.5 Å². The summed E-state index contributed by atoms with van der Waals surface area (Å²) in [4.78, 5) is 10.8. The summed E-state index contributed by atoms with van der Waals surface area (Å²) in [5, 5.41) is 2.69. The number of benzene rings is 3. The van der Waals surface area contributed by atoms with E-state index in [1.165, 1.54) is 33.0 Å². The molecule has 0 amide bonds. The van der Waals surface area contributed by atoms with Gasteiger partial charge in [0.2, 0.25) is 0 Å². The summed E-state index contributed by atoms with van der Waals surface area (Å²) >= 11 is 0. The second kappa shape index (κ2) is 9.73. The maximum atomic E-state index is 10.8. The van der Waals surface area contributed by atoms with Crippen LogP contribution in [0.2, 0.25) is 36.3 Å². The van der Waals surface area contributed by atoms with E-state index >= 15 is 0 Å². The molecule has 34 heavy (non-hydrogen) atoms. The van der Waals surface area contributed by atoms with Gasteiger partial charge in [0.05, 0.1) is 6.61 Å². The zero-order valence-electron chi connectivity index (χ0n) is 22.8. The third kappa shape index (κ3) is 6.09. The zero-order chi connectivity index (χ0) is 25.4. The Labute approximate surface area is 209 Å². The van der Waals surface area contributed by atoms with Crippen molar-refractivity contribution >= 4 is 27.4 Å². The summed E-state index contributed by atoms with van der Waals surface area (Å²) in [6.07, 6.45) is 1.93. The fourth-order valence-electron chi connectivity index (χ4n) is 3.87. The molecule has 0 saturated heterocycles. The first-order chi connectivity index (χ1) is 15.6. The Kier molecular flexibility index (Phi) is 7.69. The average Bonchev–Trinajstić information content (AvgIpc) is 2.74. The Morgan fingerprint density at radius 2 is 1.41 bits per heavy atom. The molecule has 0 aliphatic rings. The minimum Gasteiger partial charge on any atom is -0.432 e. The first-order valence-corrected chi connectivity index (χ1v) is 18.4. The van der Waals surface area contributed by atoms with Gasteiger partial charge in [-0.25, -0.2) is 0 Å². The van der Waals surface area contributed by atoms with Crippen molar-refractivity contribution in [3.8, 4) is 11.1 Å². The zero-order valence-corrected chi connectivity index (χ0v) is 24.8. The highest BCUT2D eigenvalue weighted by Crippen LogP contribution is 2.41. The smallest absolute Gasteiger partial charge is 0.192 e. The fourth-order valence-corrected chi connectivity index (χ4v) is 5.56. The highest BCUT2D eigenvalue weighted by molar-refractivity contribution is 6.74. The second-order valence-electron chi connectivity index (χ2n) is 12.6. The van der Waals surface area contributed by atoms with E-state index in [1.54, 1.807) is 0 Å². The summed E-state index contributed by atoms with van der Waals surface area (Å²) in [5.74, 6) is 0. The number of hydrogen-bond donors (Lipinski definition) is 1. The third-order valence-electron chi connectivity index (χ3n) is 8.25. The van der Waals surface area contributed by atoms with Gasteiger partial charge in [-0.15, -0.1) is 0 Å². The van der Waals surface area contributed by atoms with Gasteiger partial charge in [0.1, 0.15) is 0 Å². The largest absolute Gasteiger partial charge is 0.432 e. The van der Waals surface area contributed by atoms with Crippen molar-refractivity contribution < 1.29 is 9.22 Å². The lowest BCUT2D eigenvalue weighted by Crippen LogP contribution is -2.40. The van der Waals surface area contributed by atoms with E-state index in [0.717, 1.165) is 12.8 Å². The highest BCUT2D eigenvalue weighted by atomic mass is 28.4. The predicted octanol–water partition coefficient (Wildman–Crippen LogP) is 8.94. The number of aryl methyl sites for hydroxylation is 1. The lowest BCUT2D eigenvalue weighted by atomic mass is 9.93. The molecule has 0 aromatic heterocycles. The van der Waals surface area contributed by atoms with Gasteiger partial charge in [-0.1, -0.05) is 89.2 Å². The van der Waals surface area contributed by atoms with Crippen LogP contribution in [0.3, 0.4) is 0 Å². The molecule has 0 atom stereocenters. The molecule has 184 valence electrons. The number of rotatable bonds is 8. The molecule has 0 bridgehead atoms. The molecular weight excluding hydrogens is 449 g/mol. The molecule has 2 nitrogen and oxygen atoms in total. The topological polar surface area (TPSA) is 29.5 Å². The normalized spacial score (nSPS) is 13.5. The van der Waals surface area contributed by atoms with Crippen LogP contribution >= 0.6 is 0 Å². The lowest BCUT2D eigenvalue weighted by molar-refractivity contribution is 0.276. The van der Waals surface area contributed by atoms with Crippen molar-refractivity contribution in [3.05, 3.63) is 71.8 Å². The number of hydrogen-bond acceptors (Lipinski definition) is 2. The first-order valence-electron chi connectivity index (χ1n) is 12.6. The van der Waals surface area contributed by atoms with Gasteiger partial charge >= 0.3 is 0 Å². The van der Waals surface area contributed by atoms with Crippen molar-refractivity contribution in [1.82, 2.24) is 0 Å². The van der Waals surface area contributed by atoms with Gasteiger partial charge in [0.15, 0.2) is 16.6 Å². The van der Waals surface area contributed by atoms with Crippen LogP contribution in [0.1, 0.15) is 52.2 Å². The van der Waals surface area contributed by atoms with Gasteiger partial charge < -0.3 is 9.22 Å². The second-order valence-corrected chi connectivity index (χ2v) is 21.8. The van der Waals surface area contributed by atoms with Gasteiger partial charge in [-0.3, -0.25) is 0 Å². The van der Waals surface area contributed by atoms with E-state index in [4.69, 9.17) is 4.43 Å². The fraction of sp³-hybridized carbons (Fsp3) is 0.467. The van der Waals surface area contributed by atoms with E-state index in [1.807, 2.05) is 0 Å². The molecular formula is C30H44O2Si2. The predicted molar refractivity (Wildman–Crippen MR) is 153 cm³/mol. The van der Waals surface area contributed by atoms with E-state index in [0.29, 0.717) is 6.61 Å². The number of fused-ring (bicyclic) bond motifs is 1. The minimum absolute atomic E-state index is 0.0414. The van der Waals surface area contributed by atoms with E-state index in [2.05, 4.69) is 121 Å². The van der Waals surface area contributed by atoms with Gasteiger partial charge in [0.25, 0.3) is 0 Å². The van der Waals surface area contributed by atoms with Crippen LogP contribution in [0.4, 0.5) is 0 Å². The van der Waals surface area contributed by atoms with Crippen molar-refractivity contribution in [1.29, 1.82) is 0 Å². The Hall–Kier alpha value is -1.73. The van der Waals surface area contributed by atoms with Crippen LogP contribution in [0.5, 0.6) is 0 Å². The molecule has 0 unspecified atom stereocenters. The SMILES string of the molecule is CC(C)(CCc1cc(CO[Si](C)(C)C(C)(C)C)cc(-c2cccc3ccccc23)c1)[Si](C)(C)O. The quantitative estimate of drug-likeness (QED) is 0.318. The lowest BCUT2D eigenvalue weighted by Gasteiger charge is -2.36. The van der Waals surface area contributed by atoms with E-state index in [-0.39, 0.29) is 10.1 Å². The van der Waals surface area contributed by atoms with Crippen LogP contribution in [0, 0.1) is 0 Å². The van der Waals surface area contributed by atoms with Crippen LogP contribution in [-0.4, -0.2) is 21.4 Å². The molecule has 1 N–H and O–H groups in total. The average molecular weight is 493 g/mol. The molecule has 0 radical (unpaired) electrons. The maximum Gasteiger partial charge on any atom is 0.192 e. The van der Waals surface area contributed by atoms with Crippen LogP contribution < -0.4 is 0 Å². The minimum atomic E-state index is -2.25. The Morgan fingerprint density at radius 1 is 0.794 bits per heavy atom. The third-order valence-corrected chi connectivity index (χ3v) is 16.3. The molecule has 3 rings (SSSR count). The summed E-state index contributed by atoms with van der Waals surface area (Å²) in [6.45, 7) is 20.7. The molecule has 0 heterocycles. The van der Waals surface area contributed by atoms with Crippen molar-refractivity contribution in [2.45, 2.75) is 90.3 Å². The van der Waals surface area contributed by atoms with Gasteiger partial charge in [-0.2, -0.15) is 0 Å². The van der Waals surface area contributed by atoms with Crippen molar-refractivity contribution in [3.63, 3.8) is 0 Å². The summed E-state index contributed by atoms with van der Waals surface area (Å²) < 4.78 is 6.62. The molecule has 0 spiro atoms. The monoisotopic (exact) mass is 492 g/mol. The molecule has 3 aromatic rings. The molecule has 0 fully saturated rings. The Balaban J connectivity index is 2.01. The van der Waals surface area contributed by atoms with E-state index < -0.39 is 16.6 Å². The molecule has 0 saturated carbocycles. The van der Waals surface area contributed by atoms with Crippen molar-refractivity contribution in [2.24, 2.45) is 0 Å².